The number of hydrogen-bond acceptors (Lipinski definition) is 4. The summed E-state index contributed by atoms with van der Waals surface area (Å²) in [6.45, 7) is 4.27. The molecule has 100 valence electrons. The number of aryl methyl sites for hydroxylation is 1. The molecule has 4 N–H and O–H groups in total. The Hall–Kier alpha value is -1.98. The van der Waals surface area contributed by atoms with Crippen molar-refractivity contribution >= 4 is 17.6 Å². The van der Waals surface area contributed by atoms with Gasteiger partial charge in [0, 0.05) is 12.7 Å². The molecule has 0 spiro atoms. The van der Waals surface area contributed by atoms with Crippen LogP contribution in [0.2, 0.25) is 0 Å². The summed E-state index contributed by atoms with van der Waals surface area (Å²) in [7, 11) is 0. The van der Waals surface area contributed by atoms with Gasteiger partial charge in [-0.1, -0.05) is 13.8 Å². The number of aromatic nitrogens is 1. The fourth-order valence-corrected chi connectivity index (χ4v) is 1.49. The van der Waals surface area contributed by atoms with Crippen molar-refractivity contribution in [3.8, 4) is 0 Å². The molecule has 1 rings (SSSR count). The second kappa shape index (κ2) is 6.09. The number of carbonyl (C=O) groups is 2. The van der Waals surface area contributed by atoms with E-state index in [9.17, 15) is 9.59 Å². The van der Waals surface area contributed by atoms with E-state index >= 15 is 0 Å². The first-order chi connectivity index (χ1) is 8.45. The molecule has 0 saturated heterocycles. The third kappa shape index (κ3) is 3.51. The maximum absolute atomic E-state index is 11.8. The molecule has 1 amide bonds. The van der Waals surface area contributed by atoms with E-state index in [1.54, 1.807) is 23.8 Å². The maximum Gasteiger partial charge on any atom is 0.355 e. The molecule has 0 radical (unpaired) electrons. The second-order valence-electron chi connectivity index (χ2n) is 4.25. The lowest BCUT2D eigenvalue weighted by Gasteiger charge is -2.10. The van der Waals surface area contributed by atoms with E-state index in [1.165, 1.54) is 0 Å². The highest BCUT2D eigenvalue weighted by Crippen LogP contribution is 2.13. The van der Waals surface area contributed by atoms with E-state index in [4.69, 9.17) is 16.2 Å². The molecule has 1 aromatic rings. The lowest BCUT2D eigenvalue weighted by atomic mass is 10.2. The van der Waals surface area contributed by atoms with Crippen molar-refractivity contribution in [3.05, 3.63) is 18.0 Å². The summed E-state index contributed by atoms with van der Waals surface area (Å²) in [4.78, 5) is 22.7. The molecule has 0 aliphatic rings. The molecule has 0 aromatic carbocycles. The molecule has 6 heteroatoms. The van der Waals surface area contributed by atoms with Gasteiger partial charge in [-0.25, -0.2) is 4.79 Å². The molecular weight excluding hydrogens is 234 g/mol. The Balaban J connectivity index is 2.69. The number of anilines is 1. The molecule has 0 bridgehead atoms. The molecule has 1 atom stereocenters. The van der Waals surface area contributed by atoms with Crippen LogP contribution < -0.4 is 11.5 Å². The number of nitrogen functional groups attached to an aromatic ring is 1. The second-order valence-corrected chi connectivity index (χ2v) is 4.25. The number of ether oxygens (including phenoxy) is 1. The van der Waals surface area contributed by atoms with Gasteiger partial charge in [-0.2, -0.15) is 0 Å². The summed E-state index contributed by atoms with van der Waals surface area (Å²) < 4.78 is 6.78. The molecule has 0 aliphatic carbocycles. The third-order valence-corrected chi connectivity index (χ3v) is 2.54. The SMILES string of the molecule is CCCn1cc(N)cc1C(=O)OCC(C)C(N)=O. The van der Waals surface area contributed by atoms with Crippen molar-refractivity contribution in [2.75, 3.05) is 12.3 Å². The van der Waals surface area contributed by atoms with Gasteiger partial charge in [0.2, 0.25) is 5.91 Å². The van der Waals surface area contributed by atoms with Crippen LogP contribution in [0.25, 0.3) is 0 Å². The van der Waals surface area contributed by atoms with Crippen LogP contribution in [0.1, 0.15) is 30.8 Å². The van der Waals surface area contributed by atoms with Crippen LogP contribution >= 0.6 is 0 Å². The van der Waals surface area contributed by atoms with Crippen molar-refractivity contribution in [1.82, 2.24) is 4.57 Å². The fraction of sp³-hybridized carbons (Fsp3) is 0.500. The predicted octanol–water partition coefficient (Wildman–Crippen LogP) is 0.758. The average Bonchev–Trinajstić information content (AvgIpc) is 2.67. The Morgan fingerprint density at radius 1 is 1.50 bits per heavy atom. The van der Waals surface area contributed by atoms with Gasteiger partial charge in [0.05, 0.1) is 11.6 Å². The molecule has 1 unspecified atom stereocenters. The molecule has 18 heavy (non-hydrogen) atoms. The Bertz CT molecular complexity index is 440. The van der Waals surface area contributed by atoms with Gasteiger partial charge in [0.1, 0.15) is 12.3 Å². The summed E-state index contributed by atoms with van der Waals surface area (Å²) in [6.07, 6.45) is 2.57. The Labute approximate surface area is 106 Å². The van der Waals surface area contributed by atoms with Crippen LogP contribution in [0.4, 0.5) is 5.69 Å². The predicted molar refractivity (Wildman–Crippen MR) is 67.8 cm³/mol. The Kier molecular flexibility index (Phi) is 4.76. The van der Waals surface area contributed by atoms with Crippen LogP contribution in [0.3, 0.4) is 0 Å². The first-order valence-corrected chi connectivity index (χ1v) is 5.87. The van der Waals surface area contributed by atoms with Gasteiger partial charge in [0.25, 0.3) is 0 Å². The molecular formula is C12H19N3O3. The first-order valence-electron chi connectivity index (χ1n) is 5.87. The number of carbonyl (C=O) groups excluding carboxylic acids is 2. The molecule has 6 nitrogen and oxygen atoms in total. The van der Waals surface area contributed by atoms with Crippen molar-refractivity contribution in [2.24, 2.45) is 11.7 Å². The minimum Gasteiger partial charge on any atom is -0.460 e. The van der Waals surface area contributed by atoms with E-state index < -0.39 is 17.8 Å². The smallest absolute Gasteiger partial charge is 0.355 e. The van der Waals surface area contributed by atoms with E-state index in [0.717, 1.165) is 6.42 Å². The first kappa shape index (κ1) is 14.1. The standard InChI is InChI=1S/C12H19N3O3/c1-3-4-15-6-9(13)5-10(15)12(17)18-7-8(2)11(14)16/h5-6,8H,3-4,7,13H2,1-2H3,(H2,14,16). The highest BCUT2D eigenvalue weighted by molar-refractivity contribution is 5.89. The van der Waals surface area contributed by atoms with Crippen molar-refractivity contribution < 1.29 is 14.3 Å². The van der Waals surface area contributed by atoms with Gasteiger partial charge < -0.3 is 20.8 Å². The topological polar surface area (TPSA) is 100 Å². The average molecular weight is 253 g/mol. The normalized spacial score (nSPS) is 12.1. The zero-order chi connectivity index (χ0) is 13.7. The van der Waals surface area contributed by atoms with Crippen molar-refractivity contribution in [2.45, 2.75) is 26.8 Å². The Morgan fingerprint density at radius 3 is 2.72 bits per heavy atom. The number of primary amides is 1. The molecule has 0 saturated carbocycles. The van der Waals surface area contributed by atoms with E-state index in [2.05, 4.69) is 0 Å². The quantitative estimate of drug-likeness (QED) is 0.731. The summed E-state index contributed by atoms with van der Waals surface area (Å²) in [6, 6.07) is 1.56. The number of rotatable bonds is 6. The van der Waals surface area contributed by atoms with Gasteiger partial charge >= 0.3 is 5.97 Å². The zero-order valence-corrected chi connectivity index (χ0v) is 10.7. The van der Waals surface area contributed by atoms with Crippen LogP contribution in [-0.2, 0) is 16.1 Å². The Morgan fingerprint density at radius 2 is 2.17 bits per heavy atom. The number of esters is 1. The number of nitrogens with zero attached hydrogens (tertiary/aromatic N) is 1. The van der Waals surface area contributed by atoms with E-state index in [0.29, 0.717) is 17.9 Å². The zero-order valence-electron chi connectivity index (χ0n) is 10.7. The van der Waals surface area contributed by atoms with Crippen molar-refractivity contribution in [1.29, 1.82) is 0 Å². The summed E-state index contributed by atoms with van der Waals surface area (Å²) in [5, 5.41) is 0. The lowest BCUT2D eigenvalue weighted by Crippen LogP contribution is -2.26. The fourth-order valence-electron chi connectivity index (χ4n) is 1.49. The summed E-state index contributed by atoms with van der Waals surface area (Å²) in [5.74, 6) is -1.49. The molecule has 1 aromatic heterocycles. The van der Waals surface area contributed by atoms with Gasteiger partial charge in [-0.3, -0.25) is 4.79 Å². The van der Waals surface area contributed by atoms with Crippen molar-refractivity contribution in [3.63, 3.8) is 0 Å². The summed E-state index contributed by atoms with van der Waals surface area (Å²) in [5.41, 5.74) is 11.6. The van der Waals surface area contributed by atoms with Gasteiger partial charge in [-0.15, -0.1) is 0 Å². The van der Waals surface area contributed by atoms with Crippen LogP contribution in [0.15, 0.2) is 12.3 Å². The lowest BCUT2D eigenvalue weighted by molar-refractivity contribution is -0.122. The van der Waals surface area contributed by atoms with E-state index in [-0.39, 0.29) is 6.61 Å². The van der Waals surface area contributed by atoms with Crippen LogP contribution in [-0.4, -0.2) is 23.1 Å². The van der Waals surface area contributed by atoms with Crippen LogP contribution in [0, 0.1) is 5.92 Å². The minimum absolute atomic E-state index is 0.0224. The third-order valence-electron chi connectivity index (χ3n) is 2.54. The number of amides is 1. The largest absolute Gasteiger partial charge is 0.460 e. The van der Waals surface area contributed by atoms with Gasteiger partial charge in [0.15, 0.2) is 0 Å². The maximum atomic E-state index is 11.8. The molecule has 0 fully saturated rings. The molecule has 0 aliphatic heterocycles. The monoisotopic (exact) mass is 253 g/mol. The number of hydrogen-bond donors (Lipinski definition) is 2. The van der Waals surface area contributed by atoms with E-state index in [1.807, 2.05) is 6.92 Å². The molecule has 1 heterocycles. The summed E-state index contributed by atoms with van der Waals surface area (Å²) >= 11 is 0. The van der Waals surface area contributed by atoms with Crippen LogP contribution in [0.5, 0.6) is 0 Å². The van der Waals surface area contributed by atoms with Gasteiger partial charge in [-0.05, 0) is 12.5 Å². The highest BCUT2D eigenvalue weighted by Gasteiger charge is 2.17. The number of nitrogens with two attached hydrogens (primary N) is 2. The highest BCUT2D eigenvalue weighted by atomic mass is 16.5. The minimum atomic E-state index is -0.499.